The summed E-state index contributed by atoms with van der Waals surface area (Å²) in [7, 11) is 1.67. The molecule has 0 saturated heterocycles. The zero-order chi connectivity index (χ0) is 20.1. The molecule has 0 aliphatic heterocycles. The van der Waals surface area contributed by atoms with Crippen LogP contribution in [0.25, 0.3) is 22.5 Å². The average molecular weight is 389 g/mol. The van der Waals surface area contributed by atoms with Crippen LogP contribution in [0.4, 0.5) is 0 Å². The standard InChI is InChI=1S/C22H23N5O2/c1-3-29-13-18-11-17(9-10-19(18)28-2)22-21(16-7-5-4-6-8-16)24-15-27(22)12-20-23-14-25-26-20/h4-11,14-15H,3,12-13H2,1-2H3,(H,23,25,26). The first-order valence-electron chi connectivity index (χ1n) is 9.50. The van der Waals surface area contributed by atoms with Crippen LogP contribution in [0.5, 0.6) is 5.75 Å². The van der Waals surface area contributed by atoms with Crippen molar-refractivity contribution in [3.8, 4) is 28.3 Å². The number of rotatable bonds is 8. The van der Waals surface area contributed by atoms with E-state index in [1.54, 1.807) is 7.11 Å². The number of nitrogens with zero attached hydrogens (tertiary/aromatic N) is 4. The van der Waals surface area contributed by atoms with Crippen LogP contribution in [0.1, 0.15) is 18.3 Å². The summed E-state index contributed by atoms with van der Waals surface area (Å²) >= 11 is 0. The van der Waals surface area contributed by atoms with E-state index in [1.165, 1.54) is 6.33 Å². The Hall–Kier alpha value is -3.45. The maximum atomic E-state index is 5.64. The molecular weight excluding hydrogens is 366 g/mol. The van der Waals surface area contributed by atoms with Gasteiger partial charge in [-0.1, -0.05) is 30.3 Å². The Morgan fingerprint density at radius 3 is 2.62 bits per heavy atom. The maximum absolute atomic E-state index is 5.64. The number of ether oxygens (including phenoxy) is 2. The highest BCUT2D eigenvalue weighted by Crippen LogP contribution is 2.34. The SMILES string of the molecule is CCOCc1cc(-c2c(-c3ccccc3)ncn2Cc2ncn[nH]2)ccc1OC. The molecule has 2 aromatic heterocycles. The van der Waals surface area contributed by atoms with Crippen molar-refractivity contribution in [1.29, 1.82) is 0 Å². The first-order valence-corrected chi connectivity index (χ1v) is 9.50. The van der Waals surface area contributed by atoms with Crippen LogP contribution in [0.2, 0.25) is 0 Å². The molecule has 0 aliphatic rings. The Morgan fingerprint density at radius 1 is 1.03 bits per heavy atom. The fourth-order valence-electron chi connectivity index (χ4n) is 3.33. The third-order valence-corrected chi connectivity index (χ3v) is 4.69. The van der Waals surface area contributed by atoms with E-state index in [1.807, 2.05) is 37.5 Å². The Balaban J connectivity index is 1.83. The normalized spacial score (nSPS) is 11.0. The van der Waals surface area contributed by atoms with Crippen molar-refractivity contribution in [3.05, 3.63) is 72.6 Å². The monoisotopic (exact) mass is 389 g/mol. The largest absolute Gasteiger partial charge is 0.496 e. The summed E-state index contributed by atoms with van der Waals surface area (Å²) in [6.45, 7) is 3.66. The molecule has 1 N–H and O–H groups in total. The second-order valence-electron chi connectivity index (χ2n) is 6.53. The Labute approximate surface area is 169 Å². The smallest absolute Gasteiger partial charge is 0.144 e. The van der Waals surface area contributed by atoms with Crippen LogP contribution < -0.4 is 4.74 Å². The van der Waals surface area contributed by atoms with Gasteiger partial charge in [0, 0.05) is 23.3 Å². The zero-order valence-electron chi connectivity index (χ0n) is 16.5. The van der Waals surface area contributed by atoms with Gasteiger partial charge in [0.2, 0.25) is 0 Å². The molecule has 0 unspecified atom stereocenters. The molecule has 0 radical (unpaired) electrons. The summed E-state index contributed by atoms with van der Waals surface area (Å²) in [4.78, 5) is 8.97. The number of imidazole rings is 1. The van der Waals surface area contributed by atoms with Gasteiger partial charge in [-0.05, 0) is 25.1 Å². The predicted octanol–water partition coefficient (Wildman–Crippen LogP) is 3.93. The predicted molar refractivity (Wildman–Crippen MR) is 110 cm³/mol. The topological polar surface area (TPSA) is 77.9 Å². The molecule has 2 aromatic carbocycles. The van der Waals surface area contributed by atoms with Crippen molar-refractivity contribution in [2.75, 3.05) is 13.7 Å². The van der Waals surface area contributed by atoms with Crippen molar-refractivity contribution < 1.29 is 9.47 Å². The van der Waals surface area contributed by atoms with E-state index in [0.29, 0.717) is 19.8 Å². The minimum atomic E-state index is 0.491. The zero-order valence-corrected chi connectivity index (χ0v) is 16.5. The summed E-state index contributed by atoms with van der Waals surface area (Å²) in [5.41, 5.74) is 5.02. The van der Waals surface area contributed by atoms with Gasteiger partial charge in [0.05, 0.1) is 38.0 Å². The molecule has 0 saturated carbocycles. The first-order chi connectivity index (χ1) is 14.3. The highest BCUT2D eigenvalue weighted by molar-refractivity contribution is 5.79. The van der Waals surface area contributed by atoms with Gasteiger partial charge in [-0.15, -0.1) is 0 Å². The fraction of sp³-hybridized carbons (Fsp3) is 0.227. The molecule has 0 atom stereocenters. The number of aromatic amines is 1. The minimum Gasteiger partial charge on any atom is -0.496 e. The van der Waals surface area contributed by atoms with E-state index < -0.39 is 0 Å². The van der Waals surface area contributed by atoms with Gasteiger partial charge in [0.15, 0.2) is 0 Å². The molecule has 7 nitrogen and oxygen atoms in total. The Bertz CT molecular complexity index is 1060. The summed E-state index contributed by atoms with van der Waals surface area (Å²) in [5.74, 6) is 1.58. The van der Waals surface area contributed by atoms with E-state index in [9.17, 15) is 0 Å². The van der Waals surface area contributed by atoms with Crippen molar-refractivity contribution in [3.63, 3.8) is 0 Å². The molecular formula is C22H23N5O2. The van der Waals surface area contributed by atoms with Crippen LogP contribution in [0.3, 0.4) is 0 Å². The number of nitrogens with one attached hydrogen (secondary N) is 1. The molecule has 148 valence electrons. The van der Waals surface area contributed by atoms with Crippen molar-refractivity contribution >= 4 is 0 Å². The van der Waals surface area contributed by atoms with Gasteiger partial charge < -0.3 is 14.0 Å². The first kappa shape index (κ1) is 18.9. The van der Waals surface area contributed by atoms with E-state index in [0.717, 1.165) is 39.7 Å². The summed E-state index contributed by atoms with van der Waals surface area (Å²) in [6, 6.07) is 16.3. The number of hydrogen-bond acceptors (Lipinski definition) is 5. The Morgan fingerprint density at radius 2 is 1.90 bits per heavy atom. The van der Waals surface area contributed by atoms with Crippen LogP contribution in [-0.4, -0.2) is 38.4 Å². The molecule has 0 amide bonds. The molecule has 7 heteroatoms. The molecule has 4 aromatic rings. The van der Waals surface area contributed by atoms with E-state index in [-0.39, 0.29) is 0 Å². The molecule has 0 aliphatic carbocycles. The van der Waals surface area contributed by atoms with Crippen LogP contribution in [-0.2, 0) is 17.9 Å². The van der Waals surface area contributed by atoms with Gasteiger partial charge in [0.25, 0.3) is 0 Å². The third kappa shape index (κ3) is 4.05. The second-order valence-corrected chi connectivity index (χ2v) is 6.53. The number of H-pyrrole nitrogens is 1. The fourth-order valence-corrected chi connectivity index (χ4v) is 3.33. The average Bonchev–Trinajstić information content (AvgIpc) is 3.43. The van der Waals surface area contributed by atoms with Crippen molar-refractivity contribution in [2.45, 2.75) is 20.1 Å². The highest BCUT2D eigenvalue weighted by Gasteiger charge is 2.17. The quantitative estimate of drug-likeness (QED) is 0.494. The molecule has 29 heavy (non-hydrogen) atoms. The highest BCUT2D eigenvalue weighted by atomic mass is 16.5. The van der Waals surface area contributed by atoms with Gasteiger partial charge in [-0.3, -0.25) is 5.10 Å². The molecule has 0 spiro atoms. The molecule has 0 bridgehead atoms. The minimum absolute atomic E-state index is 0.491. The Kier molecular flexibility index (Phi) is 5.67. The molecule has 2 heterocycles. The van der Waals surface area contributed by atoms with Crippen LogP contribution >= 0.6 is 0 Å². The summed E-state index contributed by atoms with van der Waals surface area (Å²) in [5, 5.41) is 6.87. The lowest BCUT2D eigenvalue weighted by Crippen LogP contribution is -2.04. The molecule has 4 rings (SSSR count). The van der Waals surface area contributed by atoms with E-state index in [2.05, 4.69) is 44.0 Å². The molecule has 0 fully saturated rings. The lowest BCUT2D eigenvalue weighted by Gasteiger charge is -2.14. The van der Waals surface area contributed by atoms with E-state index in [4.69, 9.17) is 14.5 Å². The number of methoxy groups -OCH3 is 1. The van der Waals surface area contributed by atoms with Crippen molar-refractivity contribution in [2.24, 2.45) is 0 Å². The second kappa shape index (κ2) is 8.70. The van der Waals surface area contributed by atoms with Gasteiger partial charge >= 0.3 is 0 Å². The number of benzene rings is 2. The third-order valence-electron chi connectivity index (χ3n) is 4.69. The van der Waals surface area contributed by atoms with Gasteiger partial charge in [-0.2, -0.15) is 5.10 Å². The number of aromatic nitrogens is 5. The van der Waals surface area contributed by atoms with Crippen molar-refractivity contribution in [1.82, 2.24) is 24.7 Å². The lowest BCUT2D eigenvalue weighted by atomic mass is 10.0. The number of hydrogen-bond donors (Lipinski definition) is 1. The summed E-state index contributed by atoms with van der Waals surface area (Å²) < 4.78 is 13.2. The van der Waals surface area contributed by atoms with Crippen LogP contribution in [0.15, 0.2) is 61.2 Å². The summed E-state index contributed by atoms with van der Waals surface area (Å²) in [6.07, 6.45) is 3.35. The lowest BCUT2D eigenvalue weighted by molar-refractivity contribution is 0.132. The van der Waals surface area contributed by atoms with Crippen LogP contribution in [0, 0.1) is 0 Å². The van der Waals surface area contributed by atoms with Gasteiger partial charge in [0.1, 0.15) is 17.9 Å². The van der Waals surface area contributed by atoms with E-state index >= 15 is 0 Å². The maximum Gasteiger partial charge on any atom is 0.144 e. The van der Waals surface area contributed by atoms with Gasteiger partial charge in [-0.25, -0.2) is 9.97 Å².